The molecular weight excluding hydrogens is 264 g/mol. The first kappa shape index (κ1) is 13.4. The van der Waals surface area contributed by atoms with Gasteiger partial charge in [0.2, 0.25) is 5.91 Å². The molecular formula is C14H13ClN2O2. The fourth-order valence-corrected chi connectivity index (χ4v) is 1.79. The van der Waals surface area contributed by atoms with Gasteiger partial charge in [0.25, 0.3) is 0 Å². The van der Waals surface area contributed by atoms with Gasteiger partial charge >= 0.3 is 0 Å². The van der Waals surface area contributed by atoms with Crippen LogP contribution in [0.2, 0.25) is 5.15 Å². The molecule has 0 fully saturated rings. The Morgan fingerprint density at radius 1 is 1.42 bits per heavy atom. The molecule has 0 aliphatic carbocycles. The molecule has 1 aromatic carbocycles. The van der Waals surface area contributed by atoms with Crippen LogP contribution in [0.15, 0.2) is 36.5 Å². The molecule has 2 rings (SSSR count). The summed E-state index contributed by atoms with van der Waals surface area (Å²) in [4.78, 5) is 15.8. The van der Waals surface area contributed by atoms with Crippen LogP contribution in [-0.4, -0.2) is 16.0 Å². The van der Waals surface area contributed by atoms with Crippen LogP contribution in [0.25, 0.3) is 0 Å². The second-order valence-electron chi connectivity index (χ2n) is 4.23. The maximum absolute atomic E-state index is 11.8. The zero-order valence-electron chi connectivity index (χ0n) is 10.4. The number of amides is 1. The van der Waals surface area contributed by atoms with Gasteiger partial charge in [0.05, 0.1) is 18.3 Å². The number of phenolic OH excluding ortho intramolecular Hbond substituents is 1. The van der Waals surface area contributed by atoms with E-state index in [-0.39, 0.29) is 18.1 Å². The molecule has 0 bridgehead atoms. The van der Waals surface area contributed by atoms with Gasteiger partial charge in [-0.1, -0.05) is 23.7 Å². The lowest BCUT2D eigenvalue weighted by molar-refractivity contribution is -0.115. The summed E-state index contributed by atoms with van der Waals surface area (Å²) in [6, 6.07) is 8.37. The van der Waals surface area contributed by atoms with Gasteiger partial charge in [-0.15, -0.1) is 0 Å². The highest BCUT2D eigenvalue weighted by Crippen LogP contribution is 2.17. The number of aromatic hydroxyl groups is 1. The molecule has 0 atom stereocenters. The highest BCUT2D eigenvalue weighted by atomic mass is 35.5. The minimum atomic E-state index is -0.172. The summed E-state index contributed by atoms with van der Waals surface area (Å²) in [5.41, 5.74) is 2.15. The van der Waals surface area contributed by atoms with E-state index in [9.17, 15) is 9.90 Å². The van der Waals surface area contributed by atoms with Crippen molar-refractivity contribution >= 4 is 23.2 Å². The van der Waals surface area contributed by atoms with Gasteiger partial charge in [0.15, 0.2) is 0 Å². The molecule has 0 spiro atoms. The number of hydrogen-bond donors (Lipinski definition) is 2. The minimum absolute atomic E-state index is 0.148. The van der Waals surface area contributed by atoms with Crippen molar-refractivity contribution in [2.75, 3.05) is 5.32 Å². The number of nitrogens with one attached hydrogen (secondary N) is 1. The Morgan fingerprint density at radius 2 is 2.21 bits per heavy atom. The van der Waals surface area contributed by atoms with Crippen molar-refractivity contribution in [3.63, 3.8) is 0 Å². The molecule has 1 heterocycles. The van der Waals surface area contributed by atoms with Crippen LogP contribution in [0.4, 0.5) is 5.69 Å². The molecule has 4 nitrogen and oxygen atoms in total. The number of benzene rings is 1. The topological polar surface area (TPSA) is 62.2 Å². The van der Waals surface area contributed by atoms with Gasteiger partial charge in [-0.2, -0.15) is 0 Å². The fraction of sp³-hybridized carbons (Fsp3) is 0.143. The van der Waals surface area contributed by atoms with Crippen molar-refractivity contribution in [1.82, 2.24) is 4.98 Å². The van der Waals surface area contributed by atoms with E-state index in [1.165, 1.54) is 6.20 Å². The molecule has 19 heavy (non-hydrogen) atoms. The third-order valence-corrected chi connectivity index (χ3v) is 2.97. The SMILES string of the molecule is Cc1cc(NC(=O)Cc2cccc(O)c2)cnc1Cl. The first-order valence-electron chi connectivity index (χ1n) is 5.74. The van der Waals surface area contributed by atoms with Crippen molar-refractivity contribution in [3.05, 3.63) is 52.8 Å². The summed E-state index contributed by atoms with van der Waals surface area (Å²) in [6.45, 7) is 1.82. The normalized spacial score (nSPS) is 10.2. The quantitative estimate of drug-likeness (QED) is 0.847. The van der Waals surface area contributed by atoms with Gasteiger partial charge in [0.1, 0.15) is 10.9 Å². The van der Waals surface area contributed by atoms with E-state index in [0.29, 0.717) is 10.8 Å². The van der Waals surface area contributed by atoms with E-state index >= 15 is 0 Å². The molecule has 0 unspecified atom stereocenters. The zero-order chi connectivity index (χ0) is 13.8. The van der Waals surface area contributed by atoms with Crippen LogP contribution < -0.4 is 5.32 Å². The van der Waals surface area contributed by atoms with Crippen LogP contribution >= 0.6 is 11.6 Å². The number of carbonyl (C=O) groups is 1. The summed E-state index contributed by atoms with van der Waals surface area (Å²) >= 11 is 5.81. The van der Waals surface area contributed by atoms with Gasteiger partial charge in [-0.25, -0.2) is 4.98 Å². The molecule has 2 aromatic rings. The number of aryl methyl sites for hydroxylation is 1. The number of anilines is 1. The monoisotopic (exact) mass is 276 g/mol. The molecule has 1 aromatic heterocycles. The molecule has 5 heteroatoms. The highest BCUT2D eigenvalue weighted by Gasteiger charge is 2.06. The summed E-state index contributed by atoms with van der Waals surface area (Å²) < 4.78 is 0. The van der Waals surface area contributed by atoms with Crippen LogP contribution in [0.5, 0.6) is 5.75 Å². The predicted octanol–water partition coefficient (Wildman–Crippen LogP) is 2.93. The lowest BCUT2D eigenvalue weighted by Gasteiger charge is -2.06. The zero-order valence-corrected chi connectivity index (χ0v) is 11.1. The van der Waals surface area contributed by atoms with Crippen LogP contribution in [0.3, 0.4) is 0 Å². The van der Waals surface area contributed by atoms with Crippen LogP contribution in [0, 0.1) is 6.92 Å². The van der Waals surface area contributed by atoms with Gasteiger partial charge in [-0.3, -0.25) is 4.79 Å². The smallest absolute Gasteiger partial charge is 0.228 e. The van der Waals surface area contributed by atoms with Crippen LogP contribution in [0.1, 0.15) is 11.1 Å². The van der Waals surface area contributed by atoms with Crippen LogP contribution in [-0.2, 0) is 11.2 Å². The first-order valence-corrected chi connectivity index (χ1v) is 6.12. The Balaban J connectivity index is 2.03. The summed E-state index contributed by atoms with van der Waals surface area (Å²) in [6.07, 6.45) is 1.70. The number of carbonyl (C=O) groups excluding carboxylic acids is 1. The maximum Gasteiger partial charge on any atom is 0.228 e. The predicted molar refractivity (Wildman–Crippen MR) is 74.4 cm³/mol. The second kappa shape index (κ2) is 5.71. The molecule has 0 aliphatic heterocycles. The lowest BCUT2D eigenvalue weighted by Crippen LogP contribution is -2.14. The Bertz CT molecular complexity index is 614. The molecule has 0 saturated heterocycles. The molecule has 1 amide bonds. The molecule has 98 valence electrons. The summed E-state index contributed by atoms with van der Waals surface area (Å²) in [5, 5.41) is 12.5. The maximum atomic E-state index is 11.8. The Morgan fingerprint density at radius 3 is 2.89 bits per heavy atom. The molecule has 2 N–H and O–H groups in total. The van der Waals surface area contributed by atoms with E-state index in [2.05, 4.69) is 10.3 Å². The average molecular weight is 277 g/mol. The first-order chi connectivity index (χ1) is 9.04. The highest BCUT2D eigenvalue weighted by molar-refractivity contribution is 6.30. The summed E-state index contributed by atoms with van der Waals surface area (Å²) in [5.74, 6) is -0.0246. The number of phenols is 1. The van der Waals surface area contributed by atoms with Gasteiger partial charge < -0.3 is 10.4 Å². The average Bonchev–Trinajstić information content (AvgIpc) is 2.34. The number of nitrogens with zero attached hydrogens (tertiary/aromatic N) is 1. The van der Waals surface area contributed by atoms with E-state index < -0.39 is 0 Å². The van der Waals surface area contributed by atoms with E-state index in [0.717, 1.165) is 11.1 Å². The van der Waals surface area contributed by atoms with Gasteiger partial charge in [0, 0.05) is 0 Å². The summed E-state index contributed by atoms with van der Waals surface area (Å²) in [7, 11) is 0. The second-order valence-corrected chi connectivity index (χ2v) is 4.58. The van der Waals surface area contributed by atoms with E-state index in [4.69, 9.17) is 11.6 Å². The standard InChI is InChI=1S/C14H13ClN2O2/c1-9-5-11(8-16-14(9)15)17-13(19)7-10-3-2-4-12(18)6-10/h2-6,8,18H,7H2,1H3,(H,17,19). The molecule has 0 radical (unpaired) electrons. The lowest BCUT2D eigenvalue weighted by atomic mass is 10.1. The largest absolute Gasteiger partial charge is 0.508 e. The number of rotatable bonds is 3. The minimum Gasteiger partial charge on any atom is -0.508 e. The van der Waals surface area contributed by atoms with E-state index in [1.54, 1.807) is 30.3 Å². The number of halogens is 1. The Hall–Kier alpha value is -2.07. The Labute approximate surface area is 116 Å². The Kier molecular flexibility index (Phi) is 4.02. The number of pyridine rings is 1. The third kappa shape index (κ3) is 3.69. The van der Waals surface area contributed by atoms with E-state index in [1.807, 2.05) is 6.92 Å². The fourth-order valence-electron chi connectivity index (χ4n) is 1.68. The van der Waals surface area contributed by atoms with Crippen molar-refractivity contribution < 1.29 is 9.90 Å². The van der Waals surface area contributed by atoms with Gasteiger partial charge in [-0.05, 0) is 36.2 Å². The van der Waals surface area contributed by atoms with Crippen molar-refractivity contribution in [2.45, 2.75) is 13.3 Å². The van der Waals surface area contributed by atoms with Crippen molar-refractivity contribution in [2.24, 2.45) is 0 Å². The van der Waals surface area contributed by atoms with Crippen molar-refractivity contribution in [1.29, 1.82) is 0 Å². The number of aromatic nitrogens is 1. The van der Waals surface area contributed by atoms with Crippen molar-refractivity contribution in [3.8, 4) is 5.75 Å². The molecule has 0 saturated carbocycles. The third-order valence-electron chi connectivity index (χ3n) is 2.57. The number of hydrogen-bond acceptors (Lipinski definition) is 3. The molecule has 0 aliphatic rings.